The predicted octanol–water partition coefficient (Wildman–Crippen LogP) is 1.82. The number of H-pyrrole nitrogens is 1. The zero-order valence-corrected chi connectivity index (χ0v) is 9.41. The average Bonchev–Trinajstić information content (AvgIpc) is 2.65. The number of phenols is 1. The summed E-state index contributed by atoms with van der Waals surface area (Å²) in [6.07, 6.45) is 1.47. The minimum atomic E-state index is -0.617. The molecule has 1 aromatic heterocycles. The van der Waals surface area contributed by atoms with E-state index >= 15 is 0 Å². The van der Waals surface area contributed by atoms with Crippen LogP contribution < -0.4 is 10.5 Å². The first-order valence-electron chi connectivity index (χ1n) is 4.91. The van der Waals surface area contributed by atoms with Crippen molar-refractivity contribution in [1.82, 2.24) is 10.2 Å². The number of aromatic nitrogens is 2. The molecule has 2 rings (SSSR count). The Morgan fingerprint density at radius 1 is 1.53 bits per heavy atom. The highest BCUT2D eigenvalue weighted by Gasteiger charge is 2.20. The number of aryl methyl sites for hydroxylation is 1. The number of hydrogen-bond donors (Lipinski definition) is 3. The Morgan fingerprint density at radius 3 is 2.76 bits per heavy atom. The van der Waals surface area contributed by atoms with Gasteiger partial charge in [-0.3, -0.25) is 5.10 Å². The third kappa shape index (κ3) is 1.67. The summed E-state index contributed by atoms with van der Waals surface area (Å²) in [4.78, 5) is 0. The molecule has 0 bridgehead atoms. The van der Waals surface area contributed by atoms with Gasteiger partial charge in [-0.05, 0) is 18.6 Å². The smallest absolute Gasteiger partial charge is 0.197 e. The van der Waals surface area contributed by atoms with Crippen molar-refractivity contribution >= 4 is 5.82 Å². The molecule has 1 heterocycles. The van der Waals surface area contributed by atoms with E-state index in [9.17, 15) is 9.50 Å². The molecule has 0 saturated carbocycles. The van der Waals surface area contributed by atoms with E-state index in [4.69, 9.17) is 10.5 Å². The van der Waals surface area contributed by atoms with Gasteiger partial charge in [0.25, 0.3) is 0 Å². The van der Waals surface area contributed by atoms with Gasteiger partial charge in [-0.2, -0.15) is 5.10 Å². The summed E-state index contributed by atoms with van der Waals surface area (Å²) in [6, 6.07) is 1.28. The Hall–Kier alpha value is -2.24. The van der Waals surface area contributed by atoms with Gasteiger partial charge in [0.05, 0.1) is 13.3 Å². The molecule has 90 valence electrons. The summed E-state index contributed by atoms with van der Waals surface area (Å²) in [6.45, 7) is 1.67. The summed E-state index contributed by atoms with van der Waals surface area (Å²) in [5.74, 6) is -0.797. The Balaban J connectivity index is 2.74. The van der Waals surface area contributed by atoms with Crippen molar-refractivity contribution in [2.24, 2.45) is 0 Å². The van der Waals surface area contributed by atoms with E-state index in [0.717, 1.165) is 0 Å². The number of phenolic OH excluding ortho intramolecular Hbond substituents is 1. The molecule has 17 heavy (non-hydrogen) atoms. The molecule has 0 saturated heterocycles. The largest absolute Gasteiger partial charge is 0.504 e. The van der Waals surface area contributed by atoms with Crippen molar-refractivity contribution in [2.75, 3.05) is 12.8 Å². The summed E-state index contributed by atoms with van der Waals surface area (Å²) < 4.78 is 18.3. The molecule has 2 aromatic rings. The molecule has 1 aromatic carbocycles. The maximum Gasteiger partial charge on any atom is 0.197 e. The van der Waals surface area contributed by atoms with Crippen molar-refractivity contribution < 1.29 is 14.2 Å². The molecule has 6 heteroatoms. The molecule has 0 aliphatic heterocycles. The Kier molecular flexibility index (Phi) is 2.63. The van der Waals surface area contributed by atoms with E-state index in [0.29, 0.717) is 22.5 Å². The van der Waals surface area contributed by atoms with Crippen molar-refractivity contribution in [1.29, 1.82) is 0 Å². The highest BCUT2D eigenvalue weighted by molar-refractivity contribution is 5.82. The third-order valence-electron chi connectivity index (χ3n) is 2.55. The second-order valence-electron chi connectivity index (χ2n) is 3.63. The van der Waals surface area contributed by atoms with Gasteiger partial charge in [0.15, 0.2) is 17.3 Å². The minimum absolute atomic E-state index is 0.203. The molecule has 5 nitrogen and oxygen atoms in total. The topological polar surface area (TPSA) is 84.2 Å². The third-order valence-corrected chi connectivity index (χ3v) is 2.55. The summed E-state index contributed by atoms with van der Waals surface area (Å²) in [7, 11) is 1.29. The number of nitrogens with one attached hydrogen (secondary N) is 1. The highest BCUT2D eigenvalue weighted by atomic mass is 19.1. The fraction of sp³-hybridized carbons (Fsp3) is 0.182. The second kappa shape index (κ2) is 3.97. The van der Waals surface area contributed by atoms with E-state index in [1.165, 1.54) is 19.4 Å². The number of nitrogens with two attached hydrogens (primary N) is 1. The fourth-order valence-corrected chi connectivity index (χ4v) is 1.77. The van der Waals surface area contributed by atoms with Crippen LogP contribution in [0.25, 0.3) is 11.1 Å². The zero-order chi connectivity index (χ0) is 12.6. The van der Waals surface area contributed by atoms with Crippen LogP contribution in [0.2, 0.25) is 0 Å². The van der Waals surface area contributed by atoms with Gasteiger partial charge >= 0.3 is 0 Å². The Bertz CT molecular complexity index is 566. The number of anilines is 1. The Labute approximate surface area is 97.0 Å². The molecule has 0 amide bonds. The first kappa shape index (κ1) is 11.3. The van der Waals surface area contributed by atoms with Crippen LogP contribution in [0.4, 0.5) is 10.2 Å². The number of benzene rings is 1. The number of aromatic hydroxyl groups is 1. The van der Waals surface area contributed by atoms with Crippen LogP contribution in [-0.2, 0) is 0 Å². The van der Waals surface area contributed by atoms with Gasteiger partial charge in [0, 0.05) is 11.1 Å². The standard InChI is InChI=1S/C11H12FN3O2/c1-5-3-7(12)10(17-2)9(16)8(5)6-4-14-15-11(6)13/h3-4,16H,1-2H3,(H3,13,14,15). The SMILES string of the molecule is COc1c(F)cc(C)c(-c2cn[nH]c2N)c1O. The van der Waals surface area contributed by atoms with Crippen LogP contribution in [0.1, 0.15) is 5.56 Å². The number of nitrogen functional groups attached to an aromatic ring is 1. The lowest BCUT2D eigenvalue weighted by molar-refractivity contribution is 0.352. The maximum atomic E-state index is 13.5. The molecular formula is C11H12FN3O2. The summed E-state index contributed by atoms with van der Waals surface area (Å²) >= 11 is 0. The quantitative estimate of drug-likeness (QED) is 0.743. The van der Waals surface area contributed by atoms with Crippen molar-refractivity contribution in [3.63, 3.8) is 0 Å². The molecule has 0 aliphatic carbocycles. The molecule has 0 fully saturated rings. The van der Waals surface area contributed by atoms with E-state index in [1.54, 1.807) is 6.92 Å². The second-order valence-corrected chi connectivity index (χ2v) is 3.63. The number of nitrogens with zero attached hydrogens (tertiary/aromatic N) is 1. The normalized spacial score (nSPS) is 10.5. The van der Waals surface area contributed by atoms with E-state index in [-0.39, 0.29) is 11.5 Å². The molecule has 0 atom stereocenters. The molecular weight excluding hydrogens is 225 g/mol. The fourth-order valence-electron chi connectivity index (χ4n) is 1.77. The van der Waals surface area contributed by atoms with Gasteiger partial charge in [0.1, 0.15) is 5.82 Å². The summed E-state index contributed by atoms with van der Waals surface area (Å²) in [5, 5.41) is 16.3. The average molecular weight is 237 g/mol. The van der Waals surface area contributed by atoms with Crippen LogP contribution >= 0.6 is 0 Å². The lowest BCUT2D eigenvalue weighted by Gasteiger charge is -2.12. The van der Waals surface area contributed by atoms with E-state index in [1.807, 2.05) is 0 Å². The number of methoxy groups -OCH3 is 1. The number of ether oxygens (including phenoxy) is 1. The summed E-state index contributed by atoms with van der Waals surface area (Å²) in [5.41, 5.74) is 7.15. The van der Waals surface area contributed by atoms with Crippen LogP contribution in [0, 0.1) is 12.7 Å². The highest BCUT2D eigenvalue weighted by Crippen LogP contribution is 2.42. The first-order valence-corrected chi connectivity index (χ1v) is 4.91. The van der Waals surface area contributed by atoms with Gasteiger partial charge in [0.2, 0.25) is 0 Å². The number of halogens is 1. The molecule has 4 N–H and O–H groups in total. The number of aromatic amines is 1. The van der Waals surface area contributed by atoms with E-state index < -0.39 is 5.82 Å². The lowest BCUT2D eigenvalue weighted by atomic mass is 10.0. The number of hydrogen-bond acceptors (Lipinski definition) is 4. The Morgan fingerprint density at radius 2 is 2.24 bits per heavy atom. The van der Waals surface area contributed by atoms with Crippen LogP contribution in [-0.4, -0.2) is 22.4 Å². The van der Waals surface area contributed by atoms with Crippen molar-refractivity contribution in [3.05, 3.63) is 23.6 Å². The number of rotatable bonds is 2. The van der Waals surface area contributed by atoms with Crippen molar-refractivity contribution in [3.8, 4) is 22.6 Å². The van der Waals surface area contributed by atoms with Gasteiger partial charge in [-0.1, -0.05) is 0 Å². The van der Waals surface area contributed by atoms with E-state index in [2.05, 4.69) is 10.2 Å². The van der Waals surface area contributed by atoms with Crippen LogP contribution in [0.5, 0.6) is 11.5 Å². The molecule has 0 aliphatic rings. The van der Waals surface area contributed by atoms with Crippen LogP contribution in [0.3, 0.4) is 0 Å². The maximum absolute atomic E-state index is 13.5. The lowest BCUT2D eigenvalue weighted by Crippen LogP contribution is -1.95. The first-order chi connectivity index (χ1) is 8.06. The van der Waals surface area contributed by atoms with Gasteiger partial charge < -0.3 is 15.6 Å². The van der Waals surface area contributed by atoms with Gasteiger partial charge in [-0.25, -0.2) is 4.39 Å². The zero-order valence-electron chi connectivity index (χ0n) is 9.41. The predicted molar refractivity (Wildman–Crippen MR) is 61.3 cm³/mol. The monoisotopic (exact) mass is 237 g/mol. The van der Waals surface area contributed by atoms with Crippen LogP contribution in [0.15, 0.2) is 12.3 Å². The molecule has 0 spiro atoms. The van der Waals surface area contributed by atoms with Crippen molar-refractivity contribution in [2.45, 2.75) is 6.92 Å². The minimum Gasteiger partial charge on any atom is -0.504 e. The van der Waals surface area contributed by atoms with Gasteiger partial charge in [-0.15, -0.1) is 0 Å². The molecule has 0 unspecified atom stereocenters. The molecule has 0 radical (unpaired) electrons.